The summed E-state index contributed by atoms with van der Waals surface area (Å²) >= 11 is 6.18. The Morgan fingerprint density at radius 2 is 1.84 bits per heavy atom. The average molecular weight is 431 g/mol. The van der Waals surface area contributed by atoms with Crippen LogP contribution in [-0.4, -0.2) is 21.4 Å². The number of aromatic nitrogens is 3. The highest BCUT2D eigenvalue weighted by molar-refractivity contribution is 6.30. The zero-order valence-electron chi connectivity index (χ0n) is 16.6. The van der Waals surface area contributed by atoms with Crippen molar-refractivity contribution in [2.24, 2.45) is 0 Å². The van der Waals surface area contributed by atoms with Gasteiger partial charge in [0.2, 0.25) is 5.88 Å². The molecule has 6 nitrogen and oxygen atoms in total. The fourth-order valence-electron chi connectivity index (χ4n) is 3.03. The van der Waals surface area contributed by atoms with E-state index in [-0.39, 0.29) is 6.61 Å². The van der Waals surface area contributed by atoms with Crippen LogP contribution in [0.5, 0.6) is 11.6 Å². The summed E-state index contributed by atoms with van der Waals surface area (Å²) in [5.41, 5.74) is 2.57. The summed E-state index contributed by atoms with van der Waals surface area (Å²) in [7, 11) is 0. The molecule has 0 aliphatic rings. The Labute approximate surface area is 185 Å². The molecule has 0 radical (unpaired) electrons. The SMILES string of the molecule is N#Cc1ccnc(-n2nccc2OCc2ccc(Cl)cc2OCCc2ccccc2)c1. The number of hydrogen-bond acceptors (Lipinski definition) is 5. The van der Waals surface area contributed by atoms with Crippen molar-refractivity contribution in [1.29, 1.82) is 5.26 Å². The van der Waals surface area contributed by atoms with E-state index in [9.17, 15) is 0 Å². The predicted octanol–water partition coefficient (Wildman–Crippen LogP) is 4.99. The number of pyridine rings is 1. The van der Waals surface area contributed by atoms with E-state index in [0.29, 0.717) is 34.6 Å². The van der Waals surface area contributed by atoms with Crippen LogP contribution in [-0.2, 0) is 13.0 Å². The lowest BCUT2D eigenvalue weighted by Crippen LogP contribution is -2.07. The summed E-state index contributed by atoms with van der Waals surface area (Å²) in [4.78, 5) is 4.27. The number of rotatable bonds is 8. The van der Waals surface area contributed by atoms with Gasteiger partial charge in [-0.15, -0.1) is 0 Å². The van der Waals surface area contributed by atoms with Gasteiger partial charge in [-0.25, -0.2) is 4.98 Å². The zero-order chi connectivity index (χ0) is 21.5. The molecule has 4 rings (SSSR count). The summed E-state index contributed by atoms with van der Waals surface area (Å²) in [6.07, 6.45) is 3.98. The Balaban J connectivity index is 1.46. The second kappa shape index (κ2) is 9.79. The molecule has 0 spiro atoms. The minimum atomic E-state index is 0.265. The van der Waals surface area contributed by atoms with Crippen LogP contribution in [0.15, 0.2) is 79.1 Å². The molecule has 2 aromatic heterocycles. The summed E-state index contributed by atoms with van der Waals surface area (Å²) in [6.45, 7) is 0.793. The van der Waals surface area contributed by atoms with Gasteiger partial charge in [0.15, 0.2) is 5.82 Å². The highest BCUT2D eigenvalue weighted by atomic mass is 35.5. The van der Waals surface area contributed by atoms with Crippen molar-refractivity contribution < 1.29 is 9.47 Å². The highest BCUT2D eigenvalue weighted by Crippen LogP contribution is 2.26. The molecule has 0 fully saturated rings. The number of nitrogens with zero attached hydrogens (tertiary/aromatic N) is 4. The summed E-state index contributed by atoms with van der Waals surface area (Å²) in [5, 5.41) is 14.0. The van der Waals surface area contributed by atoms with Gasteiger partial charge in [0.1, 0.15) is 12.4 Å². The van der Waals surface area contributed by atoms with E-state index in [2.05, 4.69) is 28.3 Å². The quantitative estimate of drug-likeness (QED) is 0.393. The van der Waals surface area contributed by atoms with E-state index < -0.39 is 0 Å². The fourth-order valence-corrected chi connectivity index (χ4v) is 3.20. The number of benzene rings is 2. The normalized spacial score (nSPS) is 10.5. The third kappa shape index (κ3) is 5.21. The van der Waals surface area contributed by atoms with E-state index in [1.165, 1.54) is 5.56 Å². The largest absolute Gasteiger partial charge is 0.493 e. The van der Waals surface area contributed by atoms with E-state index >= 15 is 0 Å². The first-order valence-electron chi connectivity index (χ1n) is 9.71. The molecule has 0 atom stereocenters. The lowest BCUT2D eigenvalue weighted by Gasteiger charge is -2.14. The monoisotopic (exact) mass is 430 g/mol. The van der Waals surface area contributed by atoms with Crippen molar-refractivity contribution in [2.45, 2.75) is 13.0 Å². The zero-order valence-corrected chi connectivity index (χ0v) is 17.4. The minimum Gasteiger partial charge on any atom is -0.493 e. The number of halogens is 1. The van der Waals surface area contributed by atoms with Crippen molar-refractivity contribution in [3.63, 3.8) is 0 Å². The van der Waals surface area contributed by atoms with Gasteiger partial charge in [-0.3, -0.25) is 0 Å². The smallest absolute Gasteiger partial charge is 0.218 e. The first-order valence-corrected chi connectivity index (χ1v) is 10.1. The van der Waals surface area contributed by atoms with Crippen LogP contribution in [0.4, 0.5) is 0 Å². The molecule has 0 unspecified atom stereocenters. The van der Waals surface area contributed by atoms with Gasteiger partial charge >= 0.3 is 0 Å². The van der Waals surface area contributed by atoms with Crippen molar-refractivity contribution >= 4 is 11.6 Å². The van der Waals surface area contributed by atoms with Gasteiger partial charge in [0.05, 0.1) is 24.4 Å². The maximum atomic E-state index is 9.11. The van der Waals surface area contributed by atoms with Crippen LogP contribution < -0.4 is 9.47 Å². The molecule has 2 aromatic carbocycles. The molecule has 31 heavy (non-hydrogen) atoms. The molecule has 0 amide bonds. The van der Waals surface area contributed by atoms with Crippen LogP contribution in [0.3, 0.4) is 0 Å². The molecule has 0 bridgehead atoms. The van der Waals surface area contributed by atoms with Gasteiger partial charge in [0, 0.05) is 35.3 Å². The van der Waals surface area contributed by atoms with Crippen molar-refractivity contribution in [3.8, 4) is 23.5 Å². The third-order valence-electron chi connectivity index (χ3n) is 4.60. The lowest BCUT2D eigenvalue weighted by molar-refractivity contribution is 0.267. The molecule has 0 aliphatic carbocycles. The van der Waals surface area contributed by atoms with Gasteiger partial charge in [-0.05, 0) is 23.8 Å². The van der Waals surface area contributed by atoms with Crippen LogP contribution in [0.1, 0.15) is 16.7 Å². The molecule has 0 saturated carbocycles. The molecule has 2 heterocycles. The molecular formula is C24H19ClN4O2. The predicted molar refractivity (Wildman–Crippen MR) is 117 cm³/mol. The van der Waals surface area contributed by atoms with Crippen LogP contribution in [0.25, 0.3) is 5.82 Å². The third-order valence-corrected chi connectivity index (χ3v) is 4.83. The lowest BCUT2D eigenvalue weighted by atomic mass is 10.1. The van der Waals surface area contributed by atoms with Crippen LogP contribution in [0.2, 0.25) is 5.02 Å². The van der Waals surface area contributed by atoms with Crippen LogP contribution in [0, 0.1) is 11.3 Å². The van der Waals surface area contributed by atoms with Gasteiger partial charge in [0.25, 0.3) is 0 Å². The maximum Gasteiger partial charge on any atom is 0.218 e. The standard InChI is InChI=1S/C24H19ClN4O2/c25-21-7-6-20(22(15-21)30-13-10-18-4-2-1-3-5-18)17-31-24-9-12-28-29(24)23-14-19(16-26)8-11-27-23/h1-9,11-12,14-15H,10,13,17H2. The molecule has 0 aliphatic heterocycles. The topological polar surface area (TPSA) is 73.0 Å². The van der Waals surface area contributed by atoms with Gasteiger partial charge in [-0.1, -0.05) is 48.0 Å². The number of hydrogen-bond donors (Lipinski definition) is 0. The molecule has 7 heteroatoms. The van der Waals surface area contributed by atoms with Gasteiger partial charge < -0.3 is 9.47 Å². The fraction of sp³-hybridized carbons (Fsp3) is 0.125. The number of nitriles is 1. The summed E-state index contributed by atoms with van der Waals surface area (Å²) in [6, 6.07) is 22.8. The summed E-state index contributed by atoms with van der Waals surface area (Å²) < 4.78 is 13.5. The molecule has 0 saturated heterocycles. The van der Waals surface area contributed by atoms with E-state index in [1.807, 2.05) is 24.3 Å². The molecule has 154 valence electrons. The van der Waals surface area contributed by atoms with E-state index in [1.54, 1.807) is 47.4 Å². The maximum absolute atomic E-state index is 9.11. The first-order chi connectivity index (χ1) is 15.2. The second-order valence-electron chi connectivity index (χ2n) is 6.72. The minimum absolute atomic E-state index is 0.265. The van der Waals surface area contributed by atoms with Crippen LogP contribution >= 0.6 is 11.6 Å². The van der Waals surface area contributed by atoms with Crippen molar-refractivity contribution in [3.05, 3.63) is 101 Å². The second-order valence-corrected chi connectivity index (χ2v) is 7.16. The van der Waals surface area contributed by atoms with Crippen molar-refractivity contribution in [2.75, 3.05) is 6.61 Å². The Hall–Kier alpha value is -3.82. The molecule has 4 aromatic rings. The average Bonchev–Trinajstić information content (AvgIpc) is 3.28. The van der Waals surface area contributed by atoms with Gasteiger partial charge in [-0.2, -0.15) is 15.0 Å². The van der Waals surface area contributed by atoms with E-state index in [0.717, 1.165) is 12.0 Å². The Bertz CT molecular complexity index is 1200. The summed E-state index contributed by atoms with van der Waals surface area (Å²) in [5.74, 6) is 1.70. The Kier molecular flexibility index (Phi) is 6.46. The molecule has 0 N–H and O–H groups in total. The first kappa shape index (κ1) is 20.5. The van der Waals surface area contributed by atoms with Crippen molar-refractivity contribution in [1.82, 2.24) is 14.8 Å². The van der Waals surface area contributed by atoms with E-state index in [4.69, 9.17) is 26.3 Å². The molecular weight excluding hydrogens is 412 g/mol. The highest BCUT2D eigenvalue weighted by Gasteiger charge is 2.11. The Morgan fingerprint density at radius 1 is 0.968 bits per heavy atom. The number of ether oxygens (including phenoxy) is 2. The Morgan fingerprint density at radius 3 is 2.68 bits per heavy atom.